The molecule has 96 valence electrons. The average Bonchev–Trinajstić information content (AvgIpc) is 2.71. The second kappa shape index (κ2) is 4.69. The number of aromatic nitrogens is 1. The standard InChI is InChI=1S/C11H11FN2O4/c12-8-4-13-2-1-7(8)10(16)14-5-6(15)3-9(14)11(17)18/h1-2,4,6,9,15H,3,5H2,(H,17,18)/t6-,9-/m0/s1. The first kappa shape index (κ1) is 12.4. The third kappa shape index (κ3) is 2.17. The second-order valence-corrected chi connectivity index (χ2v) is 4.06. The van der Waals surface area contributed by atoms with Gasteiger partial charge in [-0.3, -0.25) is 9.78 Å². The predicted molar refractivity (Wildman–Crippen MR) is 57.3 cm³/mol. The van der Waals surface area contributed by atoms with Crippen molar-refractivity contribution in [2.45, 2.75) is 18.6 Å². The van der Waals surface area contributed by atoms with E-state index in [1.54, 1.807) is 0 Å². The lowest BCUT2D eigenvalue weighted by atomic mass is 10.2. The van der Waals surface area contributed by atoms with Crippen molar-refractivity contribution in [3.8, 4) is 0 Å². The van der Waals surface area contributed by atoms with E-state index in [0.717, 1.165) is 11.1 Å². The molecule has 1 fully saturated rings. The number of hydrogen-bond acceptors (Lipinski definition) is 4. The van der Waals surface area contributed by atoms with Crippen LogP contribution in [0, 0.1) is 5.82 Å². The normalized spacial score (nSPS) is 23.1. The minimum absolute atomic E-state index is 0.0478. The summed E-state index contributed by atoms with van der Waals surface area (Å²) in [6.45, 7) is -0.114. The molecule has 1 saturated heterocycles. The number of rotatable bonds is 2. The van der Waals surface area contributed by atoms with Crippen molar-refractivity contribution in [1.82, 2.24) is 9.88 Å². The Morgan fingerprint density at radius 3 is 2.83 bits per heavy atom. The van der Waals surface area contributed by atoms with E-state index in [1.165, 1.54) is 12.3 Å². The third-order valence-corrected chi connectivity index (χ3v) is 2.83. The first-order valence-electron chi connectivity index (χ1n) is 5.32. The van der Waals surface area contributed by atoms with Gasteiger partial charge in [0, 0.05) is 19.2 Å². The third-order valence-electron chi connectivity index (χ3n) is 2.83. The molecular formula is C11H11FN2O4. The summed E-state index contributed by atoms with van der Waals surface area (Å²) in [4.78, 5) is 27.5. The van der Waals surface area contributed by atoms with Crippen LogP contribution < -0.4 is 0 Å². The maximum Gasteiger partial charge on any atom is 0.326 e. The fraction of sp³-hybridized carbons (Fsp3) is 0.364. The summed E-state index contributed by atoms with van der Waals surface area (Å²) in [5, 5.41) is 18.4. The number of likely N-dealkylation sites (tertiary alicyclic amines) is 1. The number of amides is 1. The summed E-state index contributed by atoms with van der Waals surface area (Å²) >= 11 is 0. The maximum atomic E-state index is 13.4. The lowest BCUT2D eigenvalue weighted by Gasteiger charge is -2.21. The Balaban J connectivity index is 2.28. The number of aliphatic hydroxyl groups is 1. The Hall–Kier alpha value is -2.02. The van der Waals surface area contributed by atoms with Crippen LogP contribution in [-0.2, 0) is 4.79 Å². The van der Waals surface area contributed by atoms with E-state index in [4.69, 9.17) is 5.11 Å². The van der Waals surface area contributed by atoms with E-state index in [1.807, 2.05) is 0 Å². The summed E-state index contributed by atoms with van der Waals surface area (Å²) in [7, 11) is 0. The molecule has 0 aromatic carbocycles. The number of carboxylic acids is 1. The molecule has 0 saturated carbocycles. The maximum absolute atomic E-state index is 13.4. The van der Waals surface area contributed by atoms with Crippen molar-refractivity contribution in [3.05, 3.63) is 29.8 Å². The first-order valence-corrected chi connectivity index (χ1v) is 5.32. The Labute approximate surface area is 102 Å². The molecule has 0 spiro atoms. The molecule has 2 rings (SSSR count). The summed E-state index contributed by atoms with van der Waals surface area (Å²) in [6.07, 6.45) is 1.18. The number of carbonyl (C=O) groups is 2. The number of carboxylic acid groups (broad SMARTS) is 1. The van der Waals surface area contributed by atoms with Crippen LogP contribution in [0.3, 0.4) is 0 Å². The van der Waals surface area contributed by atoms with Gasteiger partial charge in [-0.1, -0.05) is 0 Å². The van der Waals surface area contributed by atoms with Gasteiger partial charge in [0.1, 0.15) is 6.04 Å². The van der Waals surface area contributed by atoms with Gasteiger partial charge in [-0.25, -0.2) is 9.18 Å². The number of β-amino-alcohol motifs (C(OH)–C–C–N with tert-alkyl or cyclic N) is 1. The Morgan fingerprint density at radius 1 is 1.50 bits per heavy atom. The summed E-state index contributed by atoms with van der Waals surface area (Å²) < 4.78 is 13.4. The van der Waals surface area contributed by atoms with E-state index >= 15 is 0 Å². The number of nitrogens with zero attached hydrogens (tertiary/aromatic N) is 2. The van der Waals surface area contributed by atoms with E-state index < -0.39 is 29.8 Å². The van der Waals surface area contributed by atoms with Gasteiger partial charge in [-0.05, 0) is 6.07 Å². The Morgan fingerprint density at radius 2 is 2.22 bits per heavy atom. The molecular weight excluding hydrogens is 243 g/mol. The van der Waals surface area contributed by atoms with Crippen molar-refractivity contribution in [2.75, 3.05) is 6.54 Å². The lowest BCUT2D eigenvalue weighted by Crippen LogP contribution is -2.40. The van der Waals surface area contributed by atoms with Gasteiger partial charge >= 0.3 is 5.97 Å². The van der Waals surface area contributed by atoms with Crippen LogP contribution in [0.2, 0.25) is 0 Å². The molecule has 18 heavy (non-hydrogen) atoms. The van der Waals surface area contributed by atoms with Crippen LogP contribution in [0.25, 0.3) is 0 Å². The number of carbonyl (C=O) groups excluding carboxylic acids is 1. The molecule has 1 aliphatic rings. The number of halogens is 1. The zero-order valence-electron chi connectivity index (χ0n) is 9.28. The molecule has 1 aromatic rings. The minimum Gasteiger partial charge on any atom is -0.480 e. The molecule has 2 atom stereocenters. The van der Waals surface area contributed by atoms with Gasteiger partial charge in [0.05, 0.1) is 17.9 Å². The fourth-order valence-corrected chi connectivity index (χ4v) is 1.98. The number of hydrogen-bond donors (Lipinski definition) is 2. The minimum atomic E-state index is -1.21. The van der Waals surface area contributed by atoms with Crippen LogP contribution in [0.4, 0.5) is 4.39 Å². The first-order chi connectivity index (χ1) is 8.50. The smallest absolute Gasteiger partial charge is 0.326 e. The van der Waals surface area contributed by atoms with E-state index in [9.17, 15) is 19.1 Å². The quantitative estimate of drug-likeness (QED) is 0.767. The molecule has 2 heterocycles. The van der Waals surface area contributed by atoms with Crippen molar-refractivity contribution in [1.29, 1.82) is 0 Å². The summed E-state index contributed by atoms with van der Waals surface area (Å²) in [5.41, 5.74) is -0.245. The summed E-state index contributed by atoms with van der Waals surface area (Å²) in [6, 6.07) is 0.0569. The average molecular weight is 254 g/mol. The molecule has 0 aliphatic carbocycles. The molecule has 0 radical (unpaired) electrons. The molecule has 1 amide bonds. The zero-order chi connectivity index (χ0) is 13.3. The highest BCUT2D eigenvalue weighted by Gasteiger charge is 2.39. The van der Waals surface area contributed by atoms with Gasteiger partial charge in [0.25, 0.3) is 5.91 Å². The summed E-state index contributed by atoms with van der Waals surface area (Å²) in [5.74, 6) is -2.78. The van der Waals surface area contributed by atoms with Crippen LogP contribution in [0.5, 0.6) is 0 Å². The van der Waals surface area contributed by atoms with Crippen LogP contribution >= 0.6 is 0 Å². The topological polar surface area (TPSA) is 90.7 Å². The van der Waals surface area contributed by atoms with Gasteiger partial charge in [0.15, 0.2) is 5.82 Å². The molecule has 0 bridgehead atoms. The molecule has 6 nitrogen and oxygen atoms in total. The molecule has 2 N–H and O–H groups in total. The van der Waals surface area contributed by atoms with E-state index in [0.29, 0.717) is 0 Å². The number of pyridine rings is 1. The molecule has 1 aliphatic heterocycles. The van der Waals surface area contributed by atoms with Crippen molar-refractivity contribution in [2.24, 2.45) is 0 Å². The molecule has 1 aromatic heterocycles. The van der Waals surface area contributed by atoms with Gasteiger partial charge in [-0.2, -0.15) is 0 Å². The molecule has 7 heteroatoms. The van der Waals surface area contributed by atoms with E-state index in [2.05, 4.69) is 4.98 Å². The second-order valence-electron chi connectivity index (χ2n) is 4.06. The highest BCUT2D eigenvalue weighted by Crippen LogP contribution is 2.21. The predicted octanol–water partition coefficient (Wildman–Crippen LogP) is -0.119. The monoisotopic (exact) mass is 254 g/mol. The highest BCUT2D eigenvalue weighted by molar-refractivity contribution is 5.97. The van der Waals surface area contributed by atoms with Crippen LogP contribution in [0.1, 0.15) is 16.8 Å². The zero-order valence-corrected chi connectivity index (χ0v) is 9.28. The van der Waals surface area contributed by atoms with E-state index in [-0.39, 0.29) is 18.5 Å². The van der Waals surface area contributed by atoms with Crippen molar-refractivity contribution in [3.63, 3.8) is 0 Å². The van der Waals surface area contributed by atoms with Crippen molar-refractivity contribution >= 4 is 11.9 Å². The fourth-order valence-electron chi connectivity index (χ4n) is 1.98. The Kier molecular flexibility index (Phi) is 3.24. The van der Waals surface area contributed by atoms with Gasteiger partial charge in [0.2, 0.25) is 0 Å². The molecule has 0 unspecified atom stereocenters. The number of aliphatic carboxylic acids is 1. The Bertz CT molecular complexity index is 494. The van der Waals surface area contributed by atoms with Crippen LogP contribution in [0.15, 0.2) is 18.5 Å². The van der Waals surface area contributed by atoms with Crippen LogP contribution in [-0.4, -0.2) is 50.7 Å². The lowest BCUT2D eigenvalue weighted by molar-refractivity contribution is -0.141. The largest absolute Gasteiger partial charge is 0.480 e. The number of aliphatic hydroxyl groups excluding tert-OH is 1. The SMILES string of the molecule is O=C(O)[C@@H]1C[C@H](O)CN1C(=O)c1ccncc1F. The highest BCUT2D eigenvalue weighted by atomic mass is 19.1. The van der Waals surface area contributed by atoms with Gasteiger partial charge < -0.3 is 15.1 Å². The van der Waals surface area contributed by atoms with Crippen molar-refractivity contribution < 1.29 is 24.2 Å². The van der Waals surface area contributed by atoms with Gasteiger partial charge in [-0.15, -0.1) is 0 Å².